The molecule has 0 aromatic heterocycles. The van der Waals surface area contributed by atoms with Gasteiger partial charge in [-0.2, -0.15) is 0 Å². The minimum Gasteiger partial charge on any atom is -0.489 e. The number of anilines is 2. The summed E-state index contributed by atoms with van der Waals surface area (Å²) >= 11 is 0. The fourth-order valence-electron chi connectivity index (χ4n) is 3.39. The molecule has 0 unspecified atom stereocenters. The lowest BCUT2D eigenvalue weighted by Crippen LogP contribution is -2.26. The lowest BCUT2D eigenvalue weighted by atomic mass is 10.2. The van der Waals surface area contributed by atoms with Crippen LogP contribution in [0, 0.1) is 0 Å². The molecule has 0 saturated heterocycles. The Morgan fingerprint density at radius 3 is 2.06 bits per heavy atom. The Hall–Kier alpha value is -4.30. The summed E-state index contributed by atoms with van der Waals surface area (Å²) in [7, 11) is -2.31. The molecule has 0 radical (unpaired) electrons. The molecule has 1 amide bonds. The number of hydrogen-bond acceptors (Lipinski definition) is 5. The lowest BCUT2D eigenvalue weighted by molar-refractivity contribution is -0.118. The zero-order valence-electron chi connectivity index (χ0n) is 19.7. The van der Waals surface area contributed by atoms with Crippen LogP contribution in [0.3, 0.4) is 0 Å². The van der Waals surface area contributed by atoms with E-state index in [1.165, 1.54) is 23.5 Å². The average Bonchev–Trinajstić information content (AvgIpc) is 2.92. The molecule has 0 spiro atoms. The van der Waals surface area contributed by atoms with Crippen LogP contribution >= 0.6 is 0 Å². The number of rotatable bonds is 10. The topological polar surface area (TPSA) is 84.9 Å². The highest BCUT2D eigenvalue weighted by Crippen LogP contribution is 2.24. The van der Waals surface area contributed by atoms with Gasteiger partial charge in [0.1, 0.15) is 18.1 Å². The molecule has 8 heteroatoms. The van der Waals surface area contributed by atoms with E-state index in [9.17, 15) is 13.2 Å². The smallest absolute Gasteiger partial charge is 0.264 e. The predicted octanol–water partition coefficient (Wildman–Crippen LogP) is 5.11. The van der Waals surface area contributed by atoms with Crippen molar-refractivity contribution >= 4 is 27.3 Å². The molecule has 0 aliphatic rings. The van der Waals surface area contributed by atoms with E-state index in [1.807, 2.05) is 36.4 Å². The van der Waals surface area contributed by atoms with Crippen molar-refractivity contribution in [3.8, 4) is 11.5 Å². The zero-order valence-corrected chi connectivity index (χ0v) is 20.5. The van der Waals surface area contributed by atoms with E-state index in [4.69, 9.17) is 9.47 Å². The van der Waals surface area contributed by atoms with E-state index in [0.29, 0.717) is 29.5 Å². The fourth-order valence-corrected chi connectivity index (χ4v) is 4.63. The maximum atomic E-state index is 13.0. The summed E-state index contributed by atoms with van der Waals surface area (Å²) in [5, 5.41) is 2.68. The van der Waals surface area contributed by atoms with Crippen molar-refractivity contribution in [2.24, 2.45) is 0 Å². The van der Waals surface area contributed by atoms with Gasteiger partial charge in [0.2, 0.25) is 0 Å². The van der Waals surface area contributed by atoms with Gasteiger partial charge in [-0.1, -0.05) is 54.6 Å². The summed E-state index contributed by atoms with van der Waals surface area (Å²) in [5.74, 6) is 0.789. The molecule has 0 fully saturated rings. The third-order valence-electron chi connectivity index (χ3n) is 5.34. The normalized spacial score (nSPS) is 10.9. The van der Waals surface area contributed by atoms with Crippen LogP contribution in [0.25, 0.3) is 0 Å². The van der Waals surface area contributed by atoms with Crippen molar-refractivity contribution in [3.63, 3.8) is 0 Å². The number of carbonyl (C=O) groups excluding carboxylic acids is 1. The molecule has 0 atom stereocenters. The summed E-state index contributed by atoms with van der Waals surface area (Å²) in [6, 6.07) is 31.7. The van der Waals surface area contributed by atoms with E-state index < -0.39 is 15.9 Å². The number of ether oxygens (including phenoxy) is 2. The van der Waals surface area contributed by atoms with Crippen LogP contribution < -0.4 is 19.1 Å². The van der Waals surface area contributed by atoms with Gasteiger partial charge in [0, 0.05) is 12.7 Å². The third-order valence-corrected chi connectivity index (χ3v) is 7.12. The Morgan fingerprint density at radius 2 is 1.39 bits per heavy atom. The van der Waals surface area contributed by atoms with E-state index in [0.717, 1.165) is 5.56 Å². The highest BCUT2D eigenvalue weighted by Gasteiger charge is 2.21. The monoisotopic (exact) mass is 502 g/mol. The number of para-hydroxylation sites is 1. The Kier molecular flexibility index (Phi) is 7.87. The van der Waals surface area contributed by atoms with Gasteiger partial charge in [0.25, 0.3) is 15.9 Å². The molecule has 184 valence electrons. The molecule has 0 heterocycles. The van der Waals surface area contributed by atoms with Gasteiger partial charge in [-0.25, -0.2) is 8.42 Å². The van der Waals surface area contributed by atoms with Crippen LogP contribution in [0.1, 0.15) is 5.56 Å². The predicted molar refractivity (Wildman–Crippen MR) is 140 cm³/mol. The SMILES string of the molecule is CN(c1ccccc1)S(=O)(=O)c1cccc(NC(=O)COc2ccc(OCc3ccccc3)cc2)c1. The number of sulfonamides is 1. The molecule has 4 rings (SSSR count). The number of nitrogens with one attached hydrogen (secondary N) is 1. The van der Waals surface area contributed by atoms with Crippen molar-refractivity contribution in [2.75, 3.05) is 23.3 Å². The molecule has 0 bridgehead atoms. The Bertz CT molecular complexity index is 1390. The van der Waals surface area contributed by atoms with E-state index in [2.05, 4.69) is 5.32 Å². The van der Waals surface area contributed by atoms with Gasteiger partial charge in [-0.3, -0.25) is 9.10 Å². The van der Waals surface area contributed by atoms with Gasteiger partial charge in [0.15, 0.2) is 6.61 Å². The van der Waals surface area contributed by atoms with Crippen molar-refractivity contribution < 1.29 is 22.7 Å². The second kappa shape index (κ2) is 11.4. The zero-order chi connectivity index (χ0) is 25.4. The van der Waals surface area contributed by atoms with Gasteiger partial charge >= 0.3 is 0 Å². The summed E-state index contributed by atoms with van der Waals surface area (Å²) in [6.45, 7) is 0.227. The summed E-state index contributed by atoms with van der Waals surface area (Å²) in [4.78, 5) is 12.5. The molecular formula is C28H26N2O5S. The number of hydrogen-bond donors (Lipinski definition) is 1. The molecule has 36 heavy (non-hydrogen) atoms. The number of benzene rings is 4. The minimum absolute atomic E-state index is 0.0682. The van der Waals surface area contributed by atoms with E-state index in [-0.39, 0.29) is 11.5 Å². The maximum Gasteiger partial charge on any atom is 0.264 e. The molecule has 0 aliphatic heterocycles. The van der Waals surface area contributed by atoms with Crippen molar-refractivity contribution in [2.45, 2.75) is 11.5 Å². The second-order valence-corrected chi connectivity index (χ2v) is 9.89. The molecular weight excluding hydrogens is 476 g/mol. The lowest BCUT2D eigenvalue weighted by Gasteiger charge is -2.20. The number of carbonyl (C=O) groups is 1. The molecule has 0 aliphatic carbocycles. The van der Waals surface area contributed by atoms with Crippen molar-refractivity contribution in [3.05, 3.63) is 115 Å². The highest BCUT2D eigenvalue weighted by molar-refractivity contribution is 7.92. The van der Waals surface area contributed by atoms with Gasteiger partial charge in [-0.05, 0) is 60.2 Å². The van der Waals surface area contributed by atoms with Crippen LogP contribution in [0.15, 0.2) is 114 Å². The molecule has 1 N–H and O–H groups in total. The molecule has 4 aromatic carbocycles. The summed E-state index contributed by atoms with van der Waals surface area (Å²) in [6.07, 6.45) is 0. The average molecular weight is 503 g/mol. The third kappa shape index (κ3) is 6.43. The maximum absolute atomic E-state index is 13.0. The molecule has 7 nitrogen and oxygen atoms in total. The number of nitrogens with zero attached hydrogens (tertiary/aromatic N) is 1. The van der Waals surface area contributed by atoms with E-state index in [1.54, 1.807) is 60.7 Å². The quantitative estimate of drug-likeness (QED) is 0.326. The van der Waals surface area contributed by atoms with Crippen LogP contribution in [0.2, 0.25) is 0 Å². The molecule has 0 saturated carbocycles. The van der Waals surface area contributed by atoms with Crippen molar-refractivity contribution in [1.29, 1.82) is 0 Å². The first-order chi connectivity index (χ1) is 17.4. The summed E-state index contributed by atoms with van der Waals surface area (Å²) < 4.78 is 38.5. The second-order valence-electron chi connectivity index (χ2n) is 7.92. The Labute approximate surface area is 211 Å². The Balaban J connectivity index is 1.31. The fraction of sp³-hybridized carbons (Fsp3) is 0.107. The summed E-state index contributed by atoms with van der Waals surface area (Å²) in [5.41, 5.74) is 1.96. The van der Waals surface area contributed by atoms with Crippen LogP contribution in [-0.4, -0.2) is 28.0 Å². The first-order valence-corrected chi connectivity index (χ1v) is 12.7. The first-order valence-electron chi connectivity index (χ1n) is 11.3. The van der Waals surface area contributed by atoms with Crippen LogP contribution in [0.5, 0.6) is 11.5 Å². The largest absolute Gasteiger partial charge is 0.489 e. The highest BCUT2D eigenvalue weighted by atomic mass is 32.2. The van der Waals surface area contributed by atoms with Gasteiger partial charge in [0.05, 0.1) is 10.6 Å². The number of amides is 1. The van der Waals surface area contributed by atoms with Crippen molar-refractivity contribution in [1.82, 2.24) is 0 Å². The Morgan fingerprint density at radius 1 is 0.778 bits per heavy atom. The molecule has 4 aromatic rings. The standard InChI is InChI=1S/C28H26N2O5S/c1-30(24-12-6-3-7-13-24)36(32,33)27-14-8-11-23(19-27)29-28(31)21-35-26-17-15-25(16-18-26)34-20-22-9-4-2-5-10-22/h2-19H,20-21H2,1H3,(H,29,31). The van der Waals surface area contributed by atoms with Crippen LogP contribution in [0.4, 0.5) is 11.4 Å². The van der Waals surface area contributed by atoms with Crippen LogP contribution in [-0.2, 0) is 21.4 Å². The van der Waals surface area contributed by atoms with Gasteiger partial charge < -0.3 is 14.8 Å². The van der Waals surface area contributed by atoms with Gasteiger partial charge in [-0.15, -0.1) is 0 Å². The minimum atomic E-state index is -3.79. The van der Waals surface area contributed by atoms with E-state index >= 15 is 0 Å². The first kappa shape index (κ1) is 24.8.